The van der Waals surface area contributed by atoms with Gasteiger partial charge < -0.3 is 15.4 Å². The Kier molecular flexibility index (Phi) is 6.66. The lowest BCUT2D eigenvalue weighted by Gasteiger charge is -2.35. The minimum Gasteiger partial charge on any atom is -0.493 e. The first-order valence-corrected chi connectivity index (χ1v) is 9.69. The van der Waals surface area contributed by atoms with Crippen molar-refractivity contribution in [2.75, 3.05) is 39.3 Å². The number of hydrogen-bond acceptors (Lipinski definition) is 4. The van der Waals surface area contributed by atoms with Gasteiger partial charge in [0.25, 0.3) is 0 Å². The van der Waals surface area contributed by atoms with E-state index in [1.54, 1.807) is 12.1 Å². The maximum Gasteiger partial charge on any atom is 0.236 e. The standard InChI is InChI=1S/C20H28FN3O3/c21-17-3-5-18(6-4-17)27-14-15-2-1-9-24(12-15)19(25)13-23-10-7-16(8-11-23)20(22)26/h3-6,15-16H,1-2,7-14H2,(H2,22,26). The molecule has 0 aliphatic carbocycles. The van der Waals surface area contributed by atoms with Crippen molar-refractivity contribution in [1.82, 2.24) is 9.80 Å². The van der Waals surface area contributed by atoms with Crippen molar-refractivity contribution >= 4 is 11.8 Å². The molecule has 7 heteroatoms. The zero-order valence-corrected chi connectivity index (χ0v) is 15.6. The Labute approximate surface area is 159 Å². The van der Waals surface area contributed by atoms with Gasteiger partial charge in [-0.1, -0.05) is 0 Å². The number of ether oxygens (including phenoxy) is 1. The highest BCUT2D eigenvalue weighted by atomic mass is 19.1. The Morgan fingerprint density at radius 2 is 1.81 bits per heavy atom. The van der Waals surface area contributed by atoms with Gasteiger partial charge in [0.2, 0.25) is 11.8 Å². The molecule has 1 unspecified atom stereocenters. The number of carbonyl (C=O) groups excluding carboxylic acids is 2. The summed E-state index contributed by atoms with van der Waals surface area (Å²) in [4.78, 5) is 27.9. The second kappa shape index (κ2) is 9.17. The molecule has 3 rings (SSSR count). The van der Waals surface area contributed by atoms with Crippen molar-refractivity contribution in [1.29, 1.82) is 0 Å². The summed E-state index contributed by atoms with van der Waals surface area (Å²) in [5.74, 6) is 0.501. The molecular formula is C20H28FN3O3. The fraction of sp³-hybridized carbons (Fsp3) is 0.600. The summed E-state index contributed by atoms with van der Waals surface area (Å²) in [7, 11) is 0. The molecule has 0 radical (unpaired) electrons. The number of benzene rings is 1. The number of nitrogens with zero attached hydrogens (tertiary/aromatic N) is 2. The zero-order chi connectivity index (χ0) is 19.2. The number of amides is 2. The van der Waals surface area contributed by atoms with Crippen molar-refractivity contribution in [2.45, 2.75) is 25.7 Å². The molecule has 1 aromatic rings. The summed E-state index contributed by atoms with van der Waals surface area (Å²) >= 11 is 0. The maximum atomic E-state index is 12.9. The summed E-state index contributed by atoms with van der Waals surface area (Å²) in [6.45, 7) is 3.88. The van der Waals surface area contributed by atoms with Gasteiger partial charge in [0.1, 0.15) is 11.6 Å². The lowest BCUT2D eigenvalue weighted by atomic mass is 9.96. The van der Waals surface area contributed by atoms with E-state index in [1.807, 2.05) is 4.90 Å². The van der Waals surface area contributed by atoms with Crippen LogP contribution in [0.2, 0.25) is 0 Å². The predicted octanol–water partition coefficient (Wildman–Crippen LogP) is 1.64. The highest BCUT2D eigenvalue weighted by molar-refractivity contribution is 5.79. The fourth-order valence-electron chi connectivity index (χ4n) is 3.84. The van der Waals surface area contributed by atoms with Gasteiger partial charge in [-0.25, -0.2) is 4.39 Å². The third-order valence-electron chi connectivity index (χ3n) is 5.52. The molecule has 2 aliphatic rings. The number of hydrogen-bond donors (Lipinski definition) is 1. The first kappa shape index (κ1) is 19.6. The van der Waals surface area contributed by atoms with Crippen LogP contribution in [-0.4, -0.2) is 60.9 Å². The van der Waals surface area contributed by atoms with Gasteiger partial charge in [0, 0.05) is 24.9 Å². The molecule has 0 spiro atoms. The molecular weight excluding hydrogens is 349 g/mol. The van der Waals surface area contributed by atoms with Gasteiger partial charge in [-0.15, -0.1) is 0 Å². The molecule has 27 heavy (non-hydrogen) atoms. The van der Waals surface area contributed by atoms with Crippen molar-refractivity contribution < 1.29 is 18.7 Å². The molecule has 2 saturated heterocycles. The summed E-state index contributed by atoms with van der Waals surface area (Å²) < 4.78 is 18.7. The van der Waals surface area contributed by atoms with E-state index in [-0.39, 0.29) is 29.5 Å². The minimum absolute atomic E-state index is 0.0562. The Bertz CT molecular complexity index is 644. The molecule has 148 valence electrons. The van der Waals surface area contributed by atoms with Crippen LogP contribution in [-0.2, 0) is 9.59 Å². The van der Waals surface area contributed by atoms with Crippen LogP contribution in [0, 0.1) is 17.7 Å². The number of rotatable bonds is 6. The number of piperidine rings is 2. The molecule has 2 amide bonds. The van der Waals surface area contributed by atoms with E-state index in [2.05, 4.69) is 4.90 Å². The third kappa shape index (κ3) is 5.66. The largest absolute Gasteiger partial charge is 0.493 e. The van der Waals surface area contributed by atoms with Crippen molar-refractivity contribution in [3.8, 4) is 5.75 Å². The van der Waals surface area contributed by atoms with Crippen LogP contribution in [0.1, 0.15) is 25.7 Å². The van der Waals surface area contributed by atoms with Gasteiger partial charge in [0.05, 0.1) is 13.2 Å². The molecule has 2 heterocycles. The van der Waals surface area contributed by atoms with E-state index >= 15 is 0 Å². The van der Waals surface area contributed by atoms with Gasteiger partial charge >= 0.3 is 0 Å². The fourth-order valence-corrected chi connectivity index (χ4v) is 3.84. The normalized spacial score (nSPS) is 21.8. The molecule has 0 bridgehead atoms. The summed E-state index contributed by atoms with van der Waals surface area (Å²) in [5, 5.41) is 0. The smallest absolute Gasteiger partial charge is 0.236 e. The molecule has 0 aromatic heterocycles. The number of carbonyl (C=O) groups is 2. The molecule has 1 atom stereocenters. The summed E-state index contributed by atoms with van der Waals surface area (Å²) in [6.07, 6.45) is 3.45. The summed E-state index contributed by atoms with van der Waals surface area (Å²) in [5.41, 5.74) is 5.36. The topological polar surface area (TPSA) is 75.9 Å². The zero-order valence-electron chi connectivity index (χ0n) is 15.6. The average molecular weight is 377 g/mol. The molecule has 2 fully saturated rings. The van der Waals surface area contributed by atoms with E-state index in [1.165, 1.54) is 12.1 Å². The molecule has 2 aliphatic heterocycles. The van der Waals surface area contributed by atoms with Crippen LogP contribution >= 0.6 is 0 Å². The van der Waals surface area contributed by atoms with Gasteiger partial charge in [-0.2, -0.15) is 0 Å². The lowest BCUT2D eigenvalue weighted by molar-refractivity contribution is -0.135. The highest BCUT2D eigenvalue weighted by Crippen LogP contribution is 2.21. The van der Waals surface area contributed by atoms with Crippen LogP contribution in [0.25, 0.3) is 0 Å². The number of nitrogens with two attached hydrogens (primary N) is 1. The van der Waals surface area contributed by atoms with Crippen LogP contribution in [0.3, 0.4) is 0 Å². The number of halogens is 1. The number of likely N-dealkylation sites (tertiary alicyclic amines) is 2. The Morgan fingerprint density at radius 1 is 1.11 bits per heavy atom. The van der Waals surface area contributed by atoms with Crippen LogP contribution in [0.5, 0.6) is 5.75 Å². The molecule has 6 nitrogen and oxygen atoms in total. The molecule has 2 N–H and O–H groups in total. The Hall–Kier alpha value is -2.15. The van der Waals surface area contributed by atoms with E-state index in [0.717, 1.165) is 45.3 Å². The molecule has 1 aromatic carbocycles. The first-order valence-electron chi connectivity index (χ1n) is 9.69. The molecule has 0 saturated carbocycles. The second-order valence-corrected chi connectivity index (χ2v) is 7.57. The quantitative estimate of drug-likeness (QED) is 0.818. The van der Waals surface area contributed by atoms with Crippen LogP contribution in [0.4, 0.5) is 4.39 Å². The van der Waals surface area contributed by atoms with Gasteiger partial charge in [-0.05, 0) is 63.0 Å². The van der Waals surface area contributed by atoms with Gasteiger partial charge in [-0.3, -0.25) is 14.5 Å². The van der Waals surface area contributed by atoms with Crippen LogP contribution in [0.15, 0.2) is 24.3 Å². The SMILES string of the molecule is NC(=O)C1CCN(CC(=O)N2CCCC(COc3ccc(F)cc3)C2)CC1. The third-order valence-corrected chi connectivity index (χ3v) is 5.52. The van der Waals surface area contributed by atoms with Crippen molar-refractivity contribution in [2.24, 2.45) is 17.6 Å². The summed E-state index contributed by atoms with van der Waals surface area (Å²) in [6, 6.07) is 6.01. The maximum absolute atomic E-state index is 12.9. The van der Waals surface area contributed by atoms with Crippen molar-refractivity contribution in [3.05, 3.63) is 30.1 Å². The number of primary amides is 1. The predicted molar refractivity (Wildman–Crippen MR) is 99.6 cm³/mol. The minimum atomic E-state index is -0.281. The monoisotopic (exact) mass is 377 g/mol. The van der Waals surface area contributed by atoms with E-state index < -0.39 is 0 Å². The lowest BCUT2D eigenvalue weighted by Crippen LogP contribution is -2.48. The Morgan fingerprint density at radius 3 is 2.48 bits per heavy atom. The Balaban J connectivity index is 1.42. The van der Waals surface area contributed by atoms with E-state index in [9.17, 15) is 14.0 Å². The van der Waals surface area contributed by atoms with Crippen molar-refractivity contribution in [3.63, 3.8) is 0 Å². The second-order valence-electron chi connectivity index (χ2n) is 7.57. The van der Waals surface area contributed by atoms with E-state index in [0.29, 0.717) is 25.4 Å². The first-order chi connectivity index (χ1) is 13.0. The van der Waals surface area contributed by atoms with Crippen LogP contribution < -0.4 is 10.5 Å². The average Bonchev–Trinajstić information content (AvgIpc) is 2.68. The highest BCUT2D eigenvalue weighted by Gasteiger charge is 2.28. The van der Waals surface area contributed by atoms with E-state index in [4.69, 9.17) is 10.5 Å². The van der Waals surface area contributed by atoms with Gasteiger partial charge in [0.15, 0.2) is 0 Å².